The van der Waals surface area contributed by atoms with E-state index in [0.29, 0.717) is 29.3 Å². The summed E-state index contributed by atoms with van der Waals surface area (Å²) in [6, 6.07) is 16.0. The lowest BCUT2D eigenvalue weighted by molar-refractivity contribution is -0.138. The van der Waals surface area contributed by atoms with Crippen LogP contribution in [0.25, 0.3) is 11.4 Å². The number of alkyl halides is 1. The van der Waals surface area contributed by atoms with Gasteiger partial charge in [-0.05, 0) is 67.7 Å². The van der Waals surface area contributed by atoms with E-state index < -0.39 is 24.8 Å². The van der Waals surface area contributed by atoms with Gasteiger partial charge in [-0.25, -0.2) is 14.4 Å². The van der Waals surface area contributed by atoms with Crippen molar-refractivity contribution in [3.63, 3.8) is 0 Å². The number of rotatable bonds is 8. The van der Waals surface area contributed by atoms with Crippen molar-refractivity contribution < 1.29 is 23.8 Å². The number of aromatic nitrogens is 3. The van der Waals surface area contributed by atoms with Gasteiger partial charge in [-0.2, -0.15) is 10.2 Å². The molecule has 2 N–H and O–H groups in total. The number of benzene rings is 2. The highest BCUT2D eigenvalue weighted by Crippen LogP contribution is 2.32. The molecule has 0 aliphatic carbocycles. The Morgan fingerprint density at radius 1 is 1.12 bits per heavy atom. The number of ether oxygens (including phenoxy) is 2. The zero-order valence-electron chi connectivity index (χ0n) is 23.7. The predicted molar refractivity (Wildman–Crippen MR) is 155 cm³/mol. The fraction of sp³-hybridized carbons (Fsp3) is 0.452. The standard InChI is InChI=1S/C31H34FN7O4/c32-26-15-39(29(41)16-40)12-9-28(26)43-27-6-3-22(13-23(27)14-33)30-34-19-35-31(37-30)36-24-4-1-20(2-5-24)21-7-10-38(11-8-21)25-17-42-18-25/h1-6,13,19,21,25-26,28,40H,7-12,15-18H2,(H,34,35,36,37). The Morgan fingerprint density at radius 2 is 1.91 bits per heavy atom. The van der Waals surface area contributed by atoms with Crippen LogP contribution in [0.3, 0.4) is 0 Å². The van der Waals surface area contributed by atoms with Crippen molar-refractivity contribution in [1.82, 2.24) is 24.8 Å². The molecule has 3 aliphatic heterocycles. The van der Waals surface area contributed by atoms with Crippen LogP contribution in [0.4, 0.5) is 16.0 Å². The Balaban J connectivity index is 1.08. The Bertz CT molecular complexity index is 1470. The quantitative estimate of drug-likeness (QED) is 0.405. The third-order valence-corrected chi connectivity index (χ3v) is 8.48. The number of anilines is 2. The SMILES string of the molecule is N#Cc1cc(-c2ncnc(Nc3ccc(C4CCN(C5COC5)CC4)cc3)n2)ccc1OC1CCN(C(=O)CO)CC1F. The lowest BCUT2D eigenvalue weighted by Gasteiger charge is -2.41. The fourth-order valence-corrected chi connectivity index (χ4v) is 5.86. The number of hydrogen-bond donors (Lipinski definition) is 2. The first-order chi connectivity index (χ1) is 21.0. The van der Waals surface area contributed by atoms with Gasteiger partial charge in [0.1, 0.15) is 30.9 Å². The zero-order chi connectivity index (χ0) is 29.8. The molecule has 3 saturated heterocycles. The number of hydrogen-bond acceptors (Lipinski definition) is 10. The van der Waals surface area contributed by atoms with Crippen molar-refractivity contribution in [2.24, 2.45) is 0 Å². The summed E-state index contributed by atoms with van der Waals surface area (Å²) in [7, 11) is 0. The number of likely N-dealkylation sites (tertiary alicyclic amines) is 2. The number of nitriles is 1. The third-order valence-electron chi connectivity index (χ3n) is 8.48. The van der Waals surface area contributed by atoms with Crippen molar-refractivity contribution in [3.8, 4) is 23.2 Å². The number of halogens is 1. The average Bonchev–Trinajstić information content (AvgIpc) is 3.02. The van der Waals surface area contributed by atoms with Crippen LogP contribution in [0.2, 0.25) is 0 Å². The molecule has 0 radical (unpaired) electrons. The molecule has 2 aromatic carbocycles. The zero-order valence-corrected chi connectivity index (χ0v) is 23.7. The maximum absolute atomic E-state index is 14.7. The molecule has 224 valence electrons. The number of aliphatic hydroxyl groups is 1. The van der Waals surface area contributed by atoms with Gasteiger partial charge in [0.25, 0.3) is 0 Å². The summed E-state index contributed by atoms with van der Waals surface area (Å²) < 4.78 is 25.9. The molecular formula is C31H34FN7O4. The van der Waals surface area contributed by atoms with Crippen LogP contribution < -0.4 is 10.1 Å². The minimum absolute atomic E-state index is 0.163. The molecule has 0 bridgehead atoms. The molecule has 0 spiro atoms. The second-order valence-corrected chi connectivity index (χ2v) is 11.2. The van der Waals surface area contributed by atoms with Crippen LogP contribution >= 0.6 is 0 Å². The van der Waals surface area contributed by atoms with Crippen LogP contribution in [-0.2, 0) is 9.53 Å². The highest BCUT2D eigenvalue weighted by Gasteiger charge is 2.33. The molecule has 2 atom stereocenters. The molecule has 43 heavy (non-hydrogen) atoms. The Hall–Kier alpha value is -4.18. The van der Waals surface area contributed by atoms with E-state index in [1.807, 2.05) is 12.1 Å². The molecule has 12 heteroatoms. The predicted octanol–water partition coefficient (Wildman–Crippen LogP) is 3.04. The van der Waals surface area contributed by atoms with Gasteiger partial charge in [-0.3, -0.25) is 9.69 Å². The van der Waals surface area contributed by atoms with Crippen LogP contribution in [0.1, 0.15) is 36.3 Å². The first-order valence-corrected chi connectivity index (χ1v) is 14.6. The molecular weight excluding hydrogens is 553 g/mol. The van der Waals surface area contributed by atoms with E-state index in [9.17, 15) is 14.4 Å². The first kappa shape index (κ1) is 28.9. The normalized spacial score (nSPS) is 21.6. The van der Waals surface area contributed by atoms with Crippen LogP contribution in [0.15, 0.2) is 48.8 Å². The molecule has 6 rings (SSSR count). The maximum atomic E-state index is 14.7. The second-order valence-electron chi connectivity index (χ2n) is 11.2. The summed E-state index contributed by atoms with van der Waals surface area (Å²) in [4.78, 5) is 28.6. The molecule has 2 unspecified atom stereocenters. The highest BCUT2D eigenvalue weighted by molar-refractivity contribution is 5.77. The Kier molecular flexibility index (Phi) is 8.74. The van der Waals surface area contributed by atoms with E-state index in [4.69, 9.17) is 14.6 Å². The number of piperidine rings is 2. The lowest BCUT2D eigenvalue weighted by atomic mass is 9.88. The van der Waals surface area contributed by atoms with Gasteiger partial charge in [-0.1, -0.05) is 12.1 Å². The molecule has 0 saturated carbocycles. The van der Waals surface area contributed by atoms with E-state index in [0.717, 1.165) is 44.8 Å². The van der Waals surface area contributed by atoms with Gasteiger partial charge in [0.15, 0.2) is 12.0 Å². The topological polar surface area (TPSA) is 137 Å². The number of amides is 1. The van der Waals surface area contributed by atoms with Gasteiger partial charge < -0.3 is 24.8 Å². The number of aliphatic hydroxyl groups excluding tert-OH is 1. The van der Waals surface area contributed by atoms with E-state index in [2.05, 4.69) is 43.4 Å². The highest BCUT2D eigenvalue weighted by atomic mass is 19.1. The Labute approximate surface area is 249 Å². The van der Waals surface area contributed by atoms with E-state index in [1.54, 1.807) is 18.2 Å². The van der Waals surface area contributed by atoms with Gasteiger partial charge >= 0.3 is 0 Å². The van der Waals surface area contributed by atoms with E-state index in [-0.39, 0.29) is 30.8 Å². The minimum Gasteiger partial charge on any atom is -0.486 e. The monoisotopic (exact) mass is 587 g/mol. The molecule has 3 fully saturated rings. The van der Waals surface area contributed by atoms with E-state index >= 15 is 0 Å². The van der Waals surface area contributed by atoms with Crippen molar-refractivity contribution in [3.05, 3.63) is 59.9 Å². The van der Waals surface area contributed by atoms with Gasteiger partial charge in [0.05, 0.1) is 31.4 Å². The van der Waals surface area contributed by atoms with Gasteiger partial charge in [-0.15, -0.1) is 0 Å². The first-order valence-electron chi connectivity index (χ1n) is 14.6. The number of nitrogens with zero attached hydrogens (tertiary/aromatic N) is 6. The van der Waals surface area contributed by atoms with Crippen molar-refractivity contribution in [2.75, 3.05) is 51.3 Å². The van der Waals surface area contributed by atoms with Crippen LogP contribution in [-0.4, -0.2) is 100 Å². The van der Waals surface area contributed by atoms with Crippen molar-refractivity contribution in [2.45, 2.75) is 43.5 Å². The molecule has 1 aromatic heterocycles. The summed E-state index contributed by atoms with van der Waals surface area (Å²) in [5.74, 6) is 1.03. The minimum atomic E-state index is -1.44. The summed E-state index contributed by atoms with van der Waals surface area (Å²) in [6.07, 6.45) is 1.70. The molecule has 3 aliphatic rings. The number of nitrogens with one attached hydrogen (secondary N) is 1. The third kappa shape index (κ3) is 6.59. The lowest BCUT2D eigenvalue weighted by Crippen LogP contribution is -2.51. The number of carbonyl (C=O) groups is 1. The molecule has 1 amide bonds. The van der Waals surface area contributed by atoms with Crippen LogP contribution in [0.5, 0.6) is 5.75 Å². The molecule has 11 nitrogen and oxygen atoms in total. The molecule has 4 heterocycles. The number of carbonyl (C=O) groups excluding carboxylic acids is 1. The maximum Gasteiger partial charge on any atom is 0.248 e. The van der Waals surface area contributed by atoms with Gasteiger partial charge in [0, 0.05) is 24.2 Å². The summed E-state index contributed by atoms with van der Waals surface area (Å²) in [5, 5.41) is 22.0. The fourth-order valence-electron chi connectivity index (χ4n) is 5.86. The summed E-state index contributed by atoms with van der Waals surface area (Å²) in [5.41, 5.74) is 3.00. The van der Waals surface area contributed by atoms with Crippen LogP contribution in [0, 0.1) is 11.3 Å². The van der Waals surface area contributed by atoms with Gasteiger partial charge in [0.2, 0.25) is 11.9 Å². The smallest absolute Gasteiger partial charge is 0.248 e. The average molecular weight is 588 g/mol. The Morgan fingerprint density at radius 3 is 2.58 bits per heavy atom. The summed E-state index contributed by atoms with van der Waals surface area (Å²) >= 11 is 0. The largest absolute Gasteiger partial charge is 0.486 e. The van der Waals surface area contributed by atoms with Crippen molar-refractivity contribution in [1.29, 1.82) is 5.26 Å². The van der Waals surface area contributed by atoms with E-state index in [1.165, 1.54) is 16.8 Å². The summed E-state index contributed by atoms with van der Waals surface area (Å²) in [6.45, 7) is 3.39. The molecule has 3 aromatic rings. The second kappa shape index (κ2) is 13.0. The van der Waals surface area contributed by atoms with Crippen molar-refractivity contribution >= 4 is 17.5 Å².